The summed E-state index contributed by atoms with van der Waals surface area (Å²) in [6.07, 6.45) is 3.61. The zero-order valence-corrected chi connectivity index (χ0v) is 13.7. The van der Waals surface area contributed by atoms with Crippen LogP contribution in [0, 0.1) is 0 Å². The van der Waals surface area contributed by atoms with E-state index < -0.39 is 0 Å². The number of nitrogen functional groups attached to an aromatic ring is 1. The molecule has 126 valence electrons. The molecule has 0 bridgehead atoms. The molecular weight excluding hydrogens is 304 g/mol. The normalized spacial score (nSPS) is 10.9. The Hall–Kier alpha value is -2.80. The highest BCUT2D eigenvalue weighted by atomic mass is 16.5. The lowest BCUT2D eigenvalue weighted by Gasteiger charge is -2.09. The number of nitrogens with zero attached hydrogens (tertiary/aromatic N) is 3. The van der Waals surface area contributed by atoms with E-state index in [4.69, 9.17) is 16.2 Å². The van der Waals surface area contributed by atoms with Crippen molar-refractivity contribution in [2.75, 3.05) is 24.2 Å². The molecule has 0 aliphatic carbocycles. The lowest BCUT2D eigenvalue weighted by molar-refractivity contribution is 0.340. The van der Waals surface area contributed by atoms with Gasteiger partial charge < -0.3 is 21.5 Å². The SMILES string of the molecule is CCOc1ccc(Nc2cc(N)nn3cc(CCCN)nc23)cc1. The summed E-state index contributed by atoms with van der Waals surface area (Å²) in [5.74, 6) is 1.27. The Bertz CT molecular complexity index is 812. The van der Waals surface area contributed by atoms with Crippen LogP contribution >= 0.6 is 0 Å². The molecule has 0 saturated carbocycles. The van der Waals surface area contributed by atoms with Crippen LogP contribution in [-0.2, 0) is 6.42 Å². The topological polar surface area (TPSA) is 103 Å². The molecule has 0 atom stereocenters. The minimum Gasteiger partial charge on any atom is -0.494 e. The van der Waals surface area contributed by atoms with Gasteiger partial charge in [0.15, 0.2) is 5.65 Å². The van der Waals surface area contributed by atoms with Crippen molar-refractivity contribution in [3.05, 3.63) is 42.2 Å². The Kier molecular flexibility index (Phi) is 4.81. The van der Waals surface area contributed by atoms with Crippen LogP contribution in [0.15, 0.2) is 36.5 Å². The molecule has 0 fully saturated rings. The van der Waals surface area contributed by atoms with Gasteiger partial charge in [0.2, 0.25) is 0 Å². The summed E-state index contributed by atoms with van der Waals surface area (Å²) < 4.78 is 7.16. The molecule has 2 aromatic heterocycles. The third kappa shape index (κ3) is 3.57. The molecule has 7 nitrogen and oxygen atoms in total. The molecule has 1 aromatic carbocycles. The van der Waals surface area contributed by atoms with Crippen LogP contribution in [-0.4, -0.2) is 27.7 Å². The summed E-state index contributed by atoms with van der Waals surface area (Å²) in [7, 11) is 0. The van der Waals surface area contributed by atoms with E-state index in [-0.39, 0.29) is 0 Å². The number of nitrogens with two attached hydrogens (primary N) is 2. The molecule has 24 heavy (non-hydrogen) atoms. The summed E-state index contributed by atoms with van der Waals surface area (Å²) in [6, 6.07) is 9.54. The van der Waals surface area contributed by atoms with Gasteiger partial charge in [0.25, 0.3) is 0 Å². The van der Waals surface area contributed by atoms with Crippen molar-refractivity contribution in [2.45, 2.75) is 19.8 Å². The standard InChI is InChI=1S/C17H22N6O/c1-2-24-14-7-5-12(6-8-14)20-15-10-16(19)22-23-11-13(4-3-9-18)21-17(15)23/h5-8,10-11,20H,2-4,9,18H2,1H3,(H2,19,22). The molecule has 3 aromatic rings. The van der Waals surface area contributed by atoms with E-state index in [9.17, 15) is 0 Å². The second-order valence-electron chi connectivity index (χ2n) is 5.46. The van der Waals surface area contributed by atoms with E-state index in [0.29, 0.717) is 19.0 Å². The molecule has 0 spiro atoms. The zero-order valence-electron chi connectivity index (χ0n) is 13.7. The van der Waals surface area contributed by atoms with E-state index in [0.717, 1.165) is 41.3 Å². The lowest BCUT2D eigenvalue weighted by Crippen LogP contribution is -2.01. The number of aryl methyl sites for hydroxylation is 1. The van der Waals surface area contributed by atoms with E-state index in [1.54, 1.807) is 10.6 Å². The monoisotopic (exact) mass is 326 g/mol. The average Bonchev–Trinajstić information content (AvgIpc) is 2.98. The van der Waals surface area contributed by atoms with Crippen molar-refractivity contribution >= 4 is 22.8 Å². The van der Waals surface area contributed by atoms with Gasteiger partial charge in [-0.1, -0.05) is 0 Å². The van der Waals surface area contributed by atoms with Crippen LogP contribution < -0.4 is 21.5 Å². The molecule has 0 unspecified atom stereocenters. The Labute approximate surface area is 140 Å². The number of nitrogens with one attached hydrogen (secondary N) is 1. The maximum atomic E-state index is 5.91. The zero-order chi connectivity index (χ0) is 16.9. The van der Waals surface area contributed by atoms with Gasteiger partial charge in [-0.15, -0.1) is 5.10 Å². The number of rotatable bonds is 7. The highest BCUT2D eigenvalue weighted by molar-refractivity contribution is 5.75. The third-order valence-electron chi connectivity index (χ3n) is 3.58. The number of benzene rings is 1. The van der Waals surface area contributed by atoms with Crippen LogP contribution in [0.1, 0.15) is 19.0 Å². The fraction of sp³-hybridized carbons (Fsp3) is 0.294. The van der Waals surface area contributed by atoms with Crippen molar-refractivity contribution in [2.24, 2.45) is 5.73 Å². The fourth-order valence-electron chi connectivity index (χ4n) is 2.50. The Balaban J connectivity index is 1.88. The maximum absolute atomic E-state index is 5.91. The summed E-state index contributed by atoms with van der Waals surface area (Å²) in [5.41, 5.74) is 14.9. The van der Waals surface area contributed by atoms with Gasteiger partial charge in [-0.2, -0.15) is 0 Å². The first-order chi connectivity index (χ1) is 11.7. The van der Waals surface area contributed by atoms with Crippen LogP contribution in [0.25, 0.3) is 5.65 Å². The smallest absolute Gasteiger partial charge is 0.177 e. The van der Waals surface area contributed by atoms with E-state index in [1.807, 2.05) is 37.4 Å². The molecule has 0 saturated heterocycles. The maximum Gasteiger partial charge on any atom is 0.177 e. The predicted octanol–water partition coefficient (Wildman–Crippen LogP) is 2.35. The minimum atomic E-state index is 0.429. The van der Waals surface area contributed by atoms with Crippen molar-refractivity contribution in [1.29, 1.82) is 0 Å². The summed E-state index contributed by atoms with van der Waals surface area (Å²) in [5, 5.41) is 7.63. The van der Waals surface area contributed by atoms with Crippen LogP contribution in [0.4, 0.5) is 17.2 Å². The Morgan fingerprint density at radius 3 is 2.75 bits per heavy atom. The van der Waals surface area contributed by atoms with E-state index >= 15 is 0 Å². The molecule has 0 amide bonds. The number of aromatic nitrogens is 3. The number of hydrogen-bond donors (Lipinski definition) is 3. The fourth-order valence-corrected chi connectivity index (χ4v) is 2.50. The van der Waals surface area contributed by atoms with E-state index in [1.165, 1.54) is 0 Å². The van der Waals surface area contributed by atoms with Gasteiger partial charge in [0.1, 0.15) is 11.6 Å². The molecule has 2 heterocycles. The van der Waals surface area contributed by atoms with Crippen LogP contribution in [0.5, 0.6) is 5.75 Å². The van der Waals surface area contributed by atoms with Crippen molar-refractivity contribution < 1.29 is 4.74 Å². The number of ether oxygens (including phenoxy) is 1. The van der Waals surface area contributed by atoms with Gasteiger partial charge in [-0.3, -0.25) is 0 Å². The quantitative estimate of drug-likeness (QED) is 0.616. The molecular formula is C17H22N6O. The van der Waals surface area contributed by atoms with Gasteiger partial charge in [-0.05, 0) is 50.6 Å². The largest absolute Gasteiger partial charge is 0.494 e. The second kappa shape index (κ2) is 7.18. The number of anilines is 3. The number of fused-ring (bicyclic) bond motifs is 1. The van der Waals surface area contributed by atoms with Crippen LogP contribution in [0.2, 0.25) is 0 Å². The van der Waals surface area contributed by atoms with Crippen molar-refractivity contribution in [3.63, 3.8) is 0 Å². The lowest BCUT2D eigenvalue weighted by atomic mass is 10.2. The Morgan fingerprint density at radius 2 is 2.04 bits per heavy atom. The summed E-state index contributed by atoms with van der Waals surface area (Å²) in [4.78, 5) is 4.64. The molecule has 0 aliphatic heterocycles. The first-order valence-corrected chi connectivity index (χ1v) is 8.04. The highest BCUT2D eigenvalue weighted by Crippen LogP contribution is 2.24. The van der Waals surface area contributed by atoms with Crippen LogP contribution in [0.3, 0.4) is 0 Å². The van der Waals surface area contributed by atoms with Crippen molar-refractivity contribution in [3.8, 4) is 5.75 Å². The molecule has 0 radical (unpaired) electrons. The predicted molar refractivity (Wildman–Crippen MR) is 95.7 cm³/mol. The molecule has 5 N–H and O–H groups in total. The molecule has 0 aliphatic rings. The molecule has 7 heteroatoms. The number of imidazole rings is 1. The summed E-state index contributed by atoms with van der Waals surface area (Å²) >= 11 is 0. The first-order valence-electron chi connectivity index (χ1n) is 8.04. The highest BCUT2D eigenvalue weighted by Gasteiger charge is 2.09. The Morgan fingerprint density at radius 1 is 1.25 bits per heavy atom. The third-order valence-corrected chi connectivity index (χ3v) is 3.58. The minimum absolute atomic E-state index is 0.429. The van der Waals surface area contributed by atoms with Gasteiger partial charge in [-0.25, -0.2) is 9.50 Å². The van der Waals surface area contributed by atoms with E-state index in [2.05, 4.69) is 15.4 Å². The average molecular weight is 326 g/mol. The first kappa shape index (κ1) is 16.1. The second-order valence-corrected chi connectivity index (χ2v) is 5.46. The van der Waals surface area contributed by atoms with Gasteiger partial charge in [0, 0.05) is 11.8 Å². The number of hydrogen-bond acceptors (Lipinski definition) is 6. The van der Waals surface area contributed by atoms with Gasteiger partial charge >= 0.3 is 0 Å². The van der Waals surface area contributed by atoms with Gasteiger partial charge in [0.05, 0.1) is 24.2 Å². The van der Waals surface area contributed by atoms with Crippen molar-refractivity contribution in [1.82, 2.24) is 14.6 Å². The summed E-state index contributed by atoms with van der Waals surface area (Å²) in [6.45, 7) is 3.25. The molecule has 3 rings (SSSR count).